The molecule has 1 saturated heterocycles. The van der Waals surface area contributed by atoms with Crippen molar-refractivity contribution in [2.75, 3.05) is 32.6 Å². The van der Waals surface area contributed by atoms with Crippen molar-refractivity contribution in [1.29, 1.82) is 0 Å². The van der Waals surface area contributed by atoms with Crippen molar-refractivity contribution in [3.8, 4) is 5.75 Å². The van der Waals surface area contributed by atoms with Gasteiger partial charge in [-0.2, -0.15) is 0 Å². The minimum absolute atomic E-state index is 0.0543. The number of rotatable bonds is 11. The Morgan fingerprint density at radius 3 is 2.27 bits per heavy atom. The number of ether oxygens (including phenoxy) is 2. The second-order valence-electron chi connectivity index (χ2n) is 11.2. The van der Waals surface area contributed by atoms with E-state index in [1.165, 1.54) is 19.1 Å². The molecular formula is C29H37Cl2FN2O5S. The second kappa shape index (κ2) is 12.5. The van der Waals surface area contributed by atoms with Crippen LogP contribution in [0.25, 0.3) is 0 Å². The van der Waals surface area contributed by atoms with Gasteiger partial charge in [0.15, 0.2) is 0 Å². The van der Waals surface area contributed by atoms with E-state index in [1.54, 1.807) is 13.2 Å². The van der Waals surface area contributed by atoms with Crippen molar-refractivity contribution in [2.24, 2.45) is 5.92 Å². The molecule has 1 N–H and O–H groups in total. The maximum Gasteiger partial charge on any atom is 0.267 e. The molecular weight excluding hydrogens is 578 g/mol. The molecule has 2 fully saturated rings. The molecule has 220 valence electrons. The molecule has 0 unspecified atom stereocenters. The SMILES string of the molecule is CCS(=O)(=O)NC(=O)c1cc(C2CC2)c(OCC2CCN([C@H](c3cc(Cl)cc(Cl)c3)C(C)(C)OC)CC2)cc1F. The summed E-state index contributed by atoms with van der Waals surface area (Å²) in [7, 11) is -2.10. The van der Waals surface area contributed by atoms with Gasteiger partial charge < -0.3 is 9.47 Å². The van der Waals surface area contributed by atoms with Gasteiger partial charge in [0.05, 0.1) is 29.6 Å². The van der Waals surface area contributed by atoms with E-state index in [1.807, 2.05) is 16.9 Å². The summed E-state index contributed by atoms with van der Waals surface area (Å²) < 4.78 is 52.5. The monoisotopic (exact) mass is 614 g/mol. The molecule has 0 aromatic heterocycles. The molecule has 1 saturated carbocycles. The summed E-state index contributed by atoms with van der Waals surface area (Å²) >= 11 is 12.7. The number of hydrogen-bond donors (Lipinski definition) is 1. The predicted octanol–water partition coefficient (Wildman–Crippen LogP) is 6.35. The Labute approximate surface area is 246 Å². The third-order valence-electron chi connectivity index (χ3n) is 7.86. The maximum absolute atomic E-state index is 14.9. The molecule has 0 bridgehead atoms. The normalized spacial score (nSPS) is 18.0. The van der Waals surface area contributed by atoms with Crippen LogP contribution >= 0.6 is 23.2 Å². The summed E-state index contributed by atoms with van der Waals surface area (Å²) in [5.74, 6) is -1.18. The van der Waals surface area contributed by atoms with Crippen LogP contribution in [-0.2, 0) is 14.8 Å². The molecule has 0 radical (unpaired) electrons. The van der Waals surface area contributed by atoms with Crippen LogP contribution in [0.2, 0.25) is 10.0 Å². The van der Waals surface area contributed by atoms with Gasteiger partial charge in [0, 0.05) is 23.2 Å². The van der Waals surface area contributed by atoms with Gasteiger partial charge in [-0.05, 0) is 107 Å². The molecule has 2 aromatic rings. The van der Waals surface area contributed by atoms with E-state index in [9.17, 15) is 17.6 Å². The zero-order chi connectivity index (χ0) is 29.2. The largest absolute Gasteiger partial charge is 0.493 e. The minimum atomic E-state index is -3.80. The highest BCUT2D eigenvalue weighted by Gasteiger charge is 2.38. The van der Waals surface area contributed by atoms with Crippen LogP contribution in [0, 0.1) is 11.7 Å². The predicted molar refractivity (Wildman–Crippen MR) is 155 cm³/mol. The topological polar surface area (TPSA) is 84.9 Å². The summed E-state index contributed by atoms with van der Waals surface area (Å²) in [6, 6.07) is 8.20. The Balaban J connectivity index is 1.44. The summed E-state index contributed by atoms with van der Waals surface area (Å²) in [6.07, 6.45) is 3.58. The van der Waals surface area contributed by atoms with Crippen molar-refractivity contribution < 1.29 is 27.1 Å². The van der Waals surface area contributed by atoms with Crippen molar-refractivity contribution >= 4 is 39.1 Å². The first-order chi connectivity index (χ1) is 18.8. The number of amides is 1. The van der Waals surface area contributed by atoms with E-state index in [4.69, 9.17) is 32.7 Å². The number of nitrogens with zero attached hydrogens (tertiary/aromatic N) is 1. The van der Waals surface area contributed by atoms with Crippen LogP contribution in [0.3, 0.4) is 0 Å². The lowest BCUT2D eigenvalue weighted by Crippen LogP contribution is -2.47. The van der Waals surface area contributed by atoms with Gasteiger partial charge in [-0.15, -0.1) is 0 Å². The minimum Gasteiger partial charge on any atom is -0.493 e. The lowest BCUT2D eigenvalue weighted by Gasteiger charge is -2.44. The number of likely N-dealkylation sites (tertiary alicyclic amines) is 1. The summed E-state index contributed by atoms with van der Waals surface area (Å²) in [6.45, 7) is 7.56. The second-order valence-corrected chi connectivity index (χ2v) is 14.1. The molecule has 4 rings (SSSR count). The summed E-state index contributed by atoms with van der Waals surface area (Å²) in [5, 5.41) is 1.16. The van der Waals surface area contributed by atoms with E-state index in [0.29, 0.717) is 22.4 Å². The standard InChI is InChI=1S/C29H37Cl2FN2O5S/c1-5-40(36,37)33-28(35)24-15-23(19-6-7-19)26(16-25(24)32)39-17-18-8-10-34(11-9-18)27(29(2,3)38-4)20-12-21(30)14-22(31)13-20/h12-16,18-19,27H,5-11,17H2,1-4H3,(H,33,35)/t27-/m1/s1. The quantitative estimate of drug-likeness (QED) is 0.317. The molecule has 40 heavy (non-hydrogen) atoms. The molecule has 1 aliphatic carbocycles. The first-order valence-corrected chi connectivity index (χ1v) is 16.0. The number of piperidine rings is 1. The number of sulfonamides is 1. The van der Waals surface area contributed by atoms with Gasteiger partial charge in [0.25, 0.3) is 5.91 Å². The van der Waals surface area contributed by atoms with Crippen LogP contribution in [-0.4, -0.2) is 57.4 Å². The molecule has 1 atom stereocenters. The Bertz CT molecular complexity index is 1320. The molecule has 11 heteroatoms. The van der Waals surface area contributed by atoms with E-state index in [-0.39, 0.29) is 29.2 Å². The van der Waals surface area contributed by atoms with Crippen LogP contribution in [0.1, 0.15) is 79.9 Å². The average Bonchev–Trinajstić information content (AvgIpc) is 3.73. The number of nitrogens with one attached hydrogen (secondary N) is 1. The fourth-order valence-corrected chi connectivity index (χ4v) is 6.41. The molecule has 2 aliphatic rings. The van der Waals surface area contributed by atoms with Crippen molar-refractivity contribution in [3.05, 3.63) is 62.9 Å². The first kappa shape index (κ1) is 31.0. The van der Waals surface area contributed by atoms with E-state index in [0.717, 1.165) is 49.9 Å². The van der Waals surface area contributed by atoms with Crippen LogP contribution in [0.5, 0.6) is 5.75 Å². The number of carbonyl (C=O) groups excluding carboxylic acids is 1. The van der Waals surface area contributed by atoms with Crippen LogP contribution < -0.4 is 9.46 Å². The average molecular weight is 616 g/mol. The number of halogens is 3. The number of hydrogen-bond acceptors (Lipinski definition) is 6. The fourth-order valence-electron chi connectivity index (χ4n) is 5.33. The zero-order valence-electron chi connectivity index (χ0n) is 23.3. The fraction of sp³-hybridized carbons (Fsp3) is 0.552. The Kier molecular flexibility index (Phi) is 9.72. The Morgan fingerprint density at radius 2 is 1.73 bits per heavy atom. The third kappa shape index (κ3) is 7.48. The number of carbonyl (C=O) groups is 1. The van der Waals surface area contributed by atoms with E-state index in [2.05, 4.69) is 18.7 Å². The zero-order valence-corrected chi connectivity index (χ0v) is 25.6. The highest BCUT2D eigenvalue weighted by Crippen LogP contribution is 2.45. The number of benzene rings is 2. The van der Waals surface area contributed by atoms with Gasteiger partial charge in [0.2, 0.25) is 10.0 Å². The van der Waals surface area contributed by atoms with E-state index >= 15 is 0 Å². The van der Waals surface area contributed by atoms with Gasteiger partial charge in [-0.3, -0.25) is 9.69 Å². The smallest absolute Gasteiger partial charge is 0.267 e. The number of methoxy groups -OCH3 is 1. The van der Waals surface area contributed by atoms with Crippen molar-refractivity contribution in [2.45, 2.75) is 64.0 Å². The Hall–Kier alpha value is -1.91. The van der Waals surface area contributed by atoms with Gasteiger partial charge in [-0.25, -0.2) is 17.5 Å². The lowest BCUT2D eigenvalue weighted by atomic mass is 9.87. The third-order valence-corrected chi connectivity index (χ3v) is 9.56. The van der Waals surface area contributed by atoms with Gasteiger partial charge >= 0.3 is 0 Å². The van der Waals surface area contributed by atoms with Crippen molar-refractivity contribution in [3.63, 3.8) is 0 Å². The molecule has 1 amide bonds. The maximum atomic E-state index is 14.9. The molecule has 7 nitrogen and oxygen atoms in total. The lowest BCUT2D eigenvalue weighted by molar-refractivity contribution is -0.0644. The van der Waals surface area contributed by atoms with Gasteiger partial charge in [-0.1, -0.05) is 23.2 Å². The Morgan fingerprint density at radius 1 is 1.10 bits per heavy atom. The summed E-state index contributed by atoms with van der Waals surface area (Å²) in [4.78, 5) is 14.9. The van der Waals surface area contributed by atoms with Crippen molar-refractivity contribution in [1.82, 2.24) is 9.62 Å². The molecule has 0 spiro atoms. The summed E-state index contributed by atoms with van der Waals surface area (Å²) in [5.41, 5.74) is 0.975. The van der Waals surface area contributed by atoms with Crippen LogP contribution in [0.4, 0.5) is 4.39 Å². The molecule has 1 heterocycles. The van der Waals surface area contributed by atoms with E-state index < -0.39 is 27.3 Å². The molecule has 1 aliphatic heterocycles. The first-order valence-electron chi connectivity index (χ1n) is 13.6. The van der Waals surface area contributed by atoms with Gasteiger partial charge in [0.1, 0.15) is 11.6 Å². The highest BCUT2D eigenvalue weighted by atomic mass is 35.5. The highest BCUT2D eigenvalue weighted by molar-refractivity contribution is 7.90. The molecule has 2 aromatic carbocycles. The van der Waals surface area contributed by atoms with Crippen LogP contribution in [0.15, 0.2) is 30.3 Å².